The van der Waals surface area contributed by atoms with Gasteiger partial charge in [0, 0.05) is 18.3 Å². The Kier molecular flexibility index (Phi) is 5.00. The minimum atomic E-state index is 0.323. The Labute approximate surface area is 116 Å². The van der Waals surface area contributed by atoms with E-state index in [2.05, 4.69) is 29.1 Å². The quantitative estimate of drug-likeness (QED) is 0.882. The van der Waals surface area contributed by atoms with E-state index in [1.807, 2.05) is 13.1 Å². The molecule has 1 aliphatic carbocycles. The first-order valence-electron chi connectivity index (χ1n) is 7.43. The molecule has 106 valence electrons. The highest BCUT2D eigenvalue weighted by Crippen LogP contribution is 2.27. The number of aryl methyl sites for hydroxylation is 1. The van der Waals surface area contributed by atoms with Crippen LogP contribution in [0, 0.1) is 12.8 Å². The fourth-order valence-corrected chi connectivity index (χ4v) is 2.37. The lowest BCUT2D eigenvalue weighted by molar-refractivity contribution is 0.129. The van der Waals surface area contributed by atoms with Crippen LogP contribution in [0.1, 0.15) is 51.5 Å². The van der Waals surface area contributed by atoms with E-state index in [9.17, 15) is 0 Å². The monoisotopic (exact) mass is 263 g/mol. The Balaban J connectivity index is 1.98. The van der Waals surface area contributed by atoms with Gasteiger partial charge in [-0.2, -0.15) is 4.98 Å². The Bertz CT molecular complexity index is 400. The van der Waals surface area contributed by atoms with Crippen LogP contribution in [0.15, 0.2) is 6.20 Å². The number of nitrogens with one attached hydrogen (secondary N) is 1. The number of rotatable bonds is 5. The molecular weight excluding hydrogens is 238 g/mol. The van der Waals surface area contributed by atoms with Crippen molar-refractivity contribution < 1.29 is 4.74 Å². The summed E-state index contributed by atoms with van der Waals surface area (Å²) in [6.45, 7) is 7.34. The minimum absolute atomic E-state index is 0.323. The predicted molar refractivity (Wildman–Crippen MR) is 77.6 cm³/mol. The van der Waals surface area contributed by atoms with Crippen molar-refractivity contribution in [3.63, 3.8) is 0 Å². The van der Waals surface area contributed by atoms with Crippen LogP contribution in [0.25, 0.3) is 0 Å². The summed E-state index contributed by atoms with van der Waals surface area (Å²) in [4.78, 5) is 8.76. The van der Waals surface area contributed by atoms with Crippen LogP contribution in [0.3, 0.4) is 0 Å². The molecule has 0 saturated heterocycles. The second-order valence-corrected chi connectivity index (χ2v) is 5.61. The first-order chi connectivity index (χ1) is 9.19. The molecule has 1 saturated carbocycles. The third kappa shape index (κ3) is 4.08. The number of hydrogen-bond donors (Lipinski definition) is 1. The van der Waals surface area contributed by atoms with Crippen molar-refractivity contribution in [2.75, 3.05) is 11.9 Å². The SMILES string of the molecule is CCCNc1ncc(C)c(OC2CCC(C)CC2)n1. The van der Waals surface area contributed by atoms with E-state index in [0.29, 0.717) is 12.1 Å². The average molecular weight is 263 g/mol. The Morgan fingerprint density at radius 1 is 1.32 bits per heavy atom. The first kappa shape index (κ1) is 14.1. The second kappa shape index (κ2) is 6.73. The van der Waals surface area contributed by atoms with E-state index in [4.69, 9.17) is 4.74 Å². The van der Waals surface area contributed by atoms with Crippen molar-refractivity contribution in [1.29, 1.82) is 0 Å². The summed E-state index contributed by atoms with van der Waals surface area (Å²) in [5.74, 6) is 2.26. The van der Waals surface area contributed by atoms with Crippen LogP contribution in [-0.2, 0) is 0 Å². The minimum Gasteiger partial charge on any atom is -0.474 e. The standard InChI is InChI=1S/C15H25N3O/c1-4-9-16-15-17-10-12(3)14(18-15)19-13-7-5-11(2)6-8-13/h10-11,13H,4-9H2,1-3H3,(H,16,17,18). The van der Waals surface area contributed by atoms with Crippen LogP contribution >= 0.6 is 0 Å². The van der Waals surface area contributed by atoms with Crippen molar-refractivity contribution >= 4 is 5.95 Å². The molecule has 19 heavy (non-hydrogen) atoms. The summed E-state index contributed by atoms with van der Waals surface area (Å²) in [5.41, 5.74) is 1.01. The third-order valence-electron chi connectivity index (χ3n) is 3.70. The molecule has 0 atom stereocenters. The Morgan fingerprint density at radius 3 is 2.74 bits per heavy atom. The number of ether oxygens (including phenoxy) is 1. The summed E-state index contributed by atoms with van der Waals surface area (Å²) < 4.78 is 6.06. The molecule has 0 aromatic carbocycles. The molecule has 0 unspecified atom stereocenters. The summed E-state index contributed by atoms with van der Waals surface area (Å²) in [7, 11) is 0. The smallest absolute Gasteiger partial charge is 0.225 e. The van der Waals surface area contributed by atoms with Crippen LogP contribution in [-0.4, -0.2) is 22.6 Å². The van der Waals surface area contributed by atoms with E-state index in [1.54, 1.807) is 0 Å². The lowest BCUT2D eigenvalue weighted by Gasteiger charge is -2.26. The number of anilines is 1. The molecule has 0 radical (unpaired) electrons. The molecule has 1 fully saturated rings. The summed E-state index contributed by atoms with van der Waals surface area (Å²) in [6.07, 6.45) is 8.03. The molecule has 0 aliphatic heterocycles. The molecule has 1 N–H and O–H groups in total. The van der Waals surface area contributed by atoms with Gasteiger partial charge in [0.25, 0.3) is 0 Å². The van der Waals surface area contributed by atoms with Gasteiger partial charge < -0.3 is 10.1 Å². The van der Waals surface area contributed by atoms with Crippen LogP contribution in [0.2, 0.25) is 0 Å². The summed E-state index contributed by atoms with van der Waals surface area (Å²) >= 11 is 0. The molecule has 1 aliphatic rings. The van der Waals surface area contributed by atoms with Gasteiger partial charge in [-0.15, -0.1) is 0 Å². The molecule has 4 nitrogen and oxygen atoms in total. The normalized spacial score (nSPS) is 23.1. The molecule has 1 aromatic heterocycles. The fraction of sp³-hybridized carbons (Fsp3) is 0.733. The van der Waals surface area contributed by atoms with Gasteiger partial charge >= 0.3 is 0 Å². The largest absolute Gasteiger partial charge is 0.474 e. The molecule has 0 amide bonds. The van der Waals surface area contributed by atoms with Gasteiger partial charge in [0.1, 0.15) is 6.10 Å². The maximum Gasteiger partial charge on any atom is 0.225 e. The predicted octanol–water partition coefficient (Wildman–Crippen LogP) is 3.56. The Morgan fingerprint density at radius 2 is 2.05 bits per heavy atom. The zero-order chi connectivity index (χ0) is 13.7. The summed E-state index contributed by atoms with van der Waals surface area (Å²) in [5, 5.41) is 3.20. The van der Waals surface area contributed by atoms with Gasteiger partial charge in [-0.25, -0.2) is 4.98 Å². The van der Waals surface area contributed by atoms with Crippen LogP contribution in [0.5, 0.6) is 5.88 Å². The van der Waals surface area contributed by atoms with Crippen molar-refractivity contribution in [2.45, 2.75) is 59.0 Å². The van der Waals surface area contributed by atoms with Gasteiger partial charge in [-0.3, -0.25) is 0 Å². The molecule has 1 heterocycles. The van der Waals surface area contributed by atoms with E-state index in [1.165, 1.54) is 12.8 Å². The second-order valence-electron chi connectivity index (χ2n) is 5.61. The molecule has 1 aromatic rings. The topological polar surface area (TPSA) is 47.0 Å². The van der Waals surface area contributed by atoms with Crippen LogP contribution < -0.4 is 10.1 Å². The van der Waals surface area contributed by atoms with E-state index < -0.39 is 0 Å². The molecule has 2 rings (SSSR count). The number of hydrogen-bond acceptors (Lipinski definition) is 4. The zero-order valence-corrected chi connectivity index (χ0v) is 12.3. The maximum absolute atomic E-state index is 6.06. The molecular formula is C15H25N3O. The van der Waals surface area contributed by atoms with Gasteiger partial charge in [0.15, 0.2) is 0 Å². The van der Waals surface area contributed by atoms with E-state index in [-0.39, 0.29) is 0 Å². The van der Waals surface area contributed by atoms with E-state index in [0.717, 1.165) is 43.2 Å². The van der Waals surface area contributed by atoms with Crippen molar-refractivity contribution in [1.82, 2.24) is 9.97 Å². The van der Waals surface area contributed by atoms with Crippen molar-refractivity contribution in [3.8, 4) is 5.88 Å². The van der Waals surface area contributed by atoms with Gasteiger partial charge in [-0.1, -0.05) is 13.8 Å². The number of aromatic nitrogens is 2. The van der Waals surface area contributed by atoms with Gasteiger partial charge in [0.05, 0.1) is 0 Å². The summed E-state index contributed by atoms with van der Waals surface area (Å²) in [6, 6.07) is 0. The van der Waals surface area contributed by atoms with Crippen molar-refractivity contribution in [3.05, 3.63) is 11.8 Å². The molecule has 4 heteroatoms. The first-order valence-corrected chi connectivity index (χ1v) is 7.43. The highest BCUT2D eigenvalue weighted by molar-refractivity contribution is 5.32. The molecule has 0 bridgehead atoms. The highest BCUT2D eigenvalue weighted by atomic mass is 16.5. The average Bonchev–Trinajstić information content (AvgIpc) is 2.42. The van der Waals surface area contributed by atoms with Crippen LogP contribution in [0.4, 0.5) is 5.95 Å². The lowest BCUT2D eigenvalue weighted by atomic mass is 9.89. The van der Waals surface area contributed by atoms with E-state index >= 15 is 0 Å². The number of nitrogens with zero attached hydrogens (tertiary/aromatic N) is 2. The lowest BCUT2D eigenvalue weighted by Crippen LogP contribution is -2.24. The van der Waals surface area contributed by atoms with Crippen molar-refractivity contribution in [2.24, 2.45) is 5.92 Å². The third-order valence-corrected chi connectivity index (χ3v) is 3.70. The molecule has 0 spiro atoms. The highest BCUT2D eigenvalue weighted by Gasteiger charge is 2.20. The zero-order valence-electron chi connectivity index (χ0n) is 12.3. The Hall–Kier alpha value is -1.32. The fourth-order valence-electron chi connectivity index (χ4n) is 2.37. The van der Waals surface area contributed by atoms with Gasteiger partial charge in [0.2, 0.25) is 11.8 Å². The maximum atomic E-state index is 6.06. The van der Waals surface area contributed by atoms with Gasteiger partial charge in [-0.05, 0) is 44.9 Å².